The molecule has 0 aromatic heterocycles. The number of carboxylic acid groups (broad SMARTS) is 1. The quantitative estimate of drug-likeness (QED) is 0.271. The highest BCUT2D eigenvalue weighted by Gasteiger charge is 2.38. The third kappa shape index (κ3) is 7.16. The van der Waals surface area contributed by atoms with E-state index in [-0.39, 0.29) is 11.8 Å². The molecule has 4 atom stereocenters. The molecule has 1 aliphatic rings. The molecule has 1 saturated heterocycles. The van der Waals surface area contributed by atoms with Crippen LogP contribution >= 0.6 is 11.8 Å². The molecule has 10 nitrogen and oxygen atoms in total. The molecule has 0 aromatic rings. The summed E-state index contributed by atoms with van der Waals surface area (Å²) in [4.78, 5) is 50.4. The van der Waals surface area contributed by atoms with Crippen LogP contribution in [0, 0.1) is 5.92 Å². The van der Waals surface area contributed by atoms with Gasteiger partial charge in [0.1, 0.15) is 18.1 Å². The molecule has 3 amide bonds. The SMILES string of the molecule is CSCCC(N)C(=O)N1CCCC1C(=O)NC(C(=O)NC(CO)C(=O)O)C(C)C. The highest BCUT2D eigenvalue weighted by Crippen LogP contribution is 2.20. The number of hydrogen-bond donors (Lipinski definition) is 5. The van der Waals surface area contributed by atoms with Gasteiger partial charge in [0.2, 0.25) is 17.7 Å². The number of carbonyl (C=O) groups is 4. The van der Waals surface area contributed by atoms with Gasteiger partial charge in [-0.2, -0.15) is 11.8 Å². The van der Waals surface area contributed by atoms with Crippen LogP contribution in [-0.2, 0) is 19.2 Å². The number of nitrogens with one attached hydrogen (secondary N) is 2. The van der Waals surface area contributed by atoms with Crippen molar-refractivity contribution in [1.82, 2.24) is 15.5 Å². The van der Waals surface area contributed by atoms with Crippen LogP contribution in [-0.4, -0.2) is 88.1 Å². The predicted molar refractivity (Wildman–Crippen MR) is 109 cm³/mol. The second kappa shape index (κ2) is 12.0. The Morgan fingerprint density at radius 3 is 2.41 bits per heavy atom. The van der Waals surface area contributed by atoms with E-state index in [2.05, 4.69) is 10.6 Å². The van der Waals surface area contributed by atoms with Gasteiger partial charge >= 0.3 is 5.97 Å². The number of aliphatic hydroxyl groups is 1. The second-order valence-electron chi connectivity index (χ2n) is 7.39. The first-order valence-corrected chi connectivity index (χ1v) is 11.0. The van der Waals surface area contributed by atoms with Gasteiger partial charge in [0.15, 0.2) is 0 Å². The normalized spacial score (nSPS) is 19.5. The summed E-state index contributed by atoms with van der Waals surface area (Å²) in [6.07, 6.45) is 3.56. The summed E-state index contributed by atoms with van der Waals surface area (Å²) in [5, 5.41) is 22.9. The Morgan fingerprint density at radius 2 is 1.90 bits per heavy atom. The van der Waals surface area contributed by atoms with Gasteiger partial charge in [0.05, 0.1) is 12.6 Å². The molecule has 0 bridgehead atoms. The van der Waals surface area contributed by atoms with Gasteiger partial charge in [-0.1, -0.05) is 13.8 Å². The van der Waals surface area contributed by atoms with Crippen molar-refractivity contribution in [2.24, 2.45) is 11.7 Å². The molecule has 0 aromatic carbocycles. The van der Waals surface area contributed by atoms with Crippen LogP contribution in [0.1, 0.15) is 33.1 Å². The van der Waals surface area contributed by atoms with E-state index in [4.69, 9.17) is 15.9 Å². The number of amides is 3. The highest BCUT2D eigenvalue weighted by atomic mass is 32.2. The zero-order valence-corrected chi connectivity index (χ0v) is 17.9. The number of thioether (sulfide) groups is 1. The first-order valence-electron chi connectivity index (χ1n) is 9.63. The molecular weight excluding hydrogens is 400 g/mol. The Morgan fingerprint density at radius 1 is 1.24 bits per heavy atom. The fourth-order valence-corrected chi connectivity index (χ4v) is 3.61. The van der Waals surface area contributed by atoms with Gasteiger partial charge in [0, 0.05) is 6.54 Å². The van der Waals surface area contributed by atoms with E-state index >= 15 is 0 Å². The number of rotatable bonds is 11. The molecule has 4 unspecified atom stereocenters. The van der Waals surface area contributed by atoms with E-state index in [9.17, 15) is 19.2 Å². The number of aliphatic hydroxyl groups excluding tert-OH is 1. The topological polar surface area (TPSA) is 162 Å². The van der Waals surface area contributed by atoms with Gasteiger partial charge in [-0.15, -0.1) is 0 Å². The number of nitrogens with zero attached hydrogens (tertiary/aromatic N) is 1. The van der Waals surface area contributed by atoms with Gasteiger partial charge in [-0.05, 0) is 37.2 Å². The number of carboxylic acids is 1. The van der Waals surface area contributed by atoms with E-state index in [1.165, 1.54) is 4.90 Å². The maximum Gasteiger partial charge on any atom is 0.328 e. The fraction of sp³-hybridized carbons (Fsp3) is 0.778. The van der Waals surface area contributed by atoms with Crippen LogP contribution in [0.4, 0.5) is 0 Å². The summed E-state index contributed by atoms with van der Waals surface area (Å²) >= 11 is 1.59. The summed E-state index contributed by atoms with van der Waals surface area (Å²) in [6, 6.07) is -3.86. The van der Waals surface area contributed by atoms with Crippen molar-refractivity contribution in [3.8, 4) is 0 Å². The Hall–Kier alpha value is -1.85. The Balaban J connectivity index is 2.82. The molecule has 0 aliphatic carbocycles. The lowest BCUT2D eigenvalue weighted by atomic mass is 10.0. The fourth-order valence-electron chi connectivity index (χ4n) is 3.12. The summed E-state index contributed by atoms with van der Waals surface area (Å²) in [5.74, 6) is -2.43. The summed E-state index contributed by atoms with van der Waals surface area (Å²) < 4.78 is 0. The smallest absolute Gasteiger partial charge is 0.328 e. The van der Waals surface area contributed by atoms with E-state index in [0.717, 1.165) is 5.75 Å². The van der Waals surface area contributed by atoms with E-state index in [1.54, 1.807) is 25.6 Å². The summed E-state index contributed by atoms with van der Waals surface area (Å²) in [6.45, 7) is 3.07. The standard InChI is InChI=1S/C18H32N4O6S/c1-10(2)14(16(25)20-12(9-23)18(27)28)21-15(24)13-5-4-7-22(13)17(26)11(19)6-8-29-3/h10-14,23H,4-9,19H2,1-3H3,(H,20,25)(H,21,24)(H,27,28). The number of aliphatic carboxylic acids is 1. The van der Waals surface area contributed by atoms with Crippen molar-refractivity contribution in [2.45, 2.75) is 57.3 Å². The number of carbonyl (C=O) groups excluding carboxylic acids is 3. The van der Waals surface area contributed by atoms with Crippen LogP contribution in [0.25, 0.3) is 0 Å². The Labute approximate surface area is 174 Å². The highest BCUT2D eigenvalue weighted by molar-refractivity contribution is 7.98. The first kappa shape index (κ1) is 25.2. The van der Waals surface area contributed by atoms with Crippen LogP contribution in [0.15, 0.2) is 0 Å². The van der Waals surface area contributed by atoms with Gasteiger partial charge < -0.3 is 31.5 Å². The molecular formula is C18H32N4O6S. The third-order valence-corrected chi connectivity index (χ3v) is 5.48. The van der Waals surface area contributed by atoms with E-state index in [0.29, 0.717) is 25.8 Å². The van der Waals surface area contributed by atoms with Crippen molar-refractivity contribution < 1.29 is 29.4 Å². The van der Waals surface area contributed by atoms with Gasteiger partial charge in [-0.3, -0.25) is 14.4 Å². The lowest BCUT2D eigenvalue weighted by Crippen LogP contribution is -2.58. The zero-order valence-electron chi connectivity index (χ0n) is 17.1. The molecule has 1 rings (SSSR count). The first-order chi connectivity index (χ1) is 13.6. The molecule has 166 valence electrons. The molecule has 6 N–H and O–H groups in total. The second-order valence-corrected chi connectivity index (χ2v) is 8.38. The monoisotopic (exact) mass is 432 g/mol. The average molecular weight is 433 g/mol. The molecule has 0 radical (unpaired) electrons. The minimum Gasteiger partial charge on any atom is -0.480 e. The van der Waals surface area contributed by atoms with Gasteiger partial charge in [0.25, 0.3) is 0 Å². The van der Waals surface area contributed by atoms with Crippen molar-refractivity contribution in [3.63, 3.8) is 0 Å². The van der Waals surface area contributed by atoms with Crippen molar-refractivity contribution in [1.29, 1.82) is 0 Å². The van der Waals surface area contributed by atoms with Crippen LogP contribution in [0.3, 0.4) is 0 Å². The molecule has 1 aliphatic heterocycles. The van der Waals surface area contributed by atoms with Crippen molar-refractivity contribution >= 4 is 35.5 Å². The maximum absolute atomic E-state index is 12.8. The predicted octanol–water partition coefficient (Wildman–Crippen LogP) is -1.24. The number of likely N-dealkylation sites (tertiary alicyclic amines) is 1. The zero-order chi connectivity index (χ0) is 22.1. The lowest BCUT2D eigenvalue weighted by Gasteiger charge is -2.29. The van der Waals surface area contributed by atoms with Crippen LogP contribution in [0.5, 0.6) is 0 Å². The van der Waals surface area contributed by atoms with Crippen molar-refractivity contribution in [3.05, 3.63) is 0 Å². The minimum absolute atomic E-state index is 0.284. The molecule has 1 fully saturated rings. The lowest BCUT2D eigenvalue weighted by molar-refractivity contribution is -0.144. The Kier molecular flexibility index (Phi) is 10.4. The minimum atomic E-state index is -1.46. The van der Waals surface area contributed by atoms with Gasteiger partial charge in [-0.25, -0.2) is 4.79 Å². The van der Waals surface area contributed by atoms with E-state index < -0.39 is 48.6 Å². The van der Waals surface area contributed by atoms with Crippen LogP contribution in [0.2, 0.25) is 0 Å². The average Bonchev–Trinajstić information content (AvgIpc) is 3.16. The molecule has 0 spiro atoms. The van der Waals surface area contributed by atoms with Crippen LogP contribution < -0.4 is 16.4 Å². The number of nitrogens with two attached hydrogens (primary N) is 1. The molecule has 11 heteroatoms. The molecule has 29 heavy (non-hydrogen) atoms. The maximum atomic E-state index is 12.8. The largest absolute Gasteiger partial charge is 0.480 e. The third-order valence-electron chi connectivity index (χ3n) is 4.83. The summed E-state index contributed by atoms with van der Waals surface area (Å²) in [7, 11) is 0. The Bertz CT molecular complexity index is 603. The van der Waals surface area contributed by atoms with Crippen molar-refractivity contribution in [2.75, 3.05) is 25.2 Å². The molecule has 1 heterocycles. The number of hydrogen-bond acceptors (Lipinski definition) is 7. The molecule has 0 saturated carbocycles. The summed E-state index contributed by atoms with van der Waals surface area (Å²) in [5.41, 5.74) is 5.96. The van der Waals surface area contributed by atoms with E-state index in [1.807, 2.05) is 6.26 Å².